The molecule has 0 aliphatic carbocycles. The van der Waals surface area contributed by atoms with Gasteiger partial charge in [-0.25, -0.2) is 0 Å². The topological polar surface area (TPSA) is 73.7 Å². The summed E-state index contributed by atoms with van der Waals surface area (Å²) in [6.07, 6.45) is 0.364. The normalized spacial score (nSPS) is 14.3. The predicted octanol–water partition coefficient (Wildman–Crippen LogP) is 7.32. The minimum atomic E-state index is -4.45. The van der Waals surface area contributed by atoms with Crippen LogP contribution < -0.4 is 4.74 Å². The van der Waals surface area contributed by atoms with E-state index in [2.05, 4.69) is 0 Å². The van der Waals surface area contributed by atoms with Crippen molar-refractivity contribution in [2.24, 2.45) is 5.92 Å². The van der Waals surface area contributed by atoms with Crippen molar-refractivity contribution in [2.45, 2.75) is 45.3 Å². The lowest BCUT2D eigenvalue weighted by Crippen LogP contribution is -2.39. The molecule has 1 fully saturated rings. The van der Waals surface area contributed by atoms with Gasteiger partial charge < -0.3 is 14.4 Å². The molecule has 0 radical (unpaired) electrons. The number of alkyl halides is 3. The Balaban J connectivity index is 1.15. The lowest BCUT2D eigenvalue weighted by molar-refractivity contribution is -0.137. The molecular weight excluding hydrogens is 559 g/mol. The molecule has 0 N–H and O–H groups in total. The van der Waals surface area contributed by atoms with Crippen LogP contribution >= 0.6 is 0 Å². The number of fused-ring (bicyclic) bond motifs is 1. The molecule has 0 atom stereocenters. The third-order valence-electron chi connectivity index (χ3n) is 7.90. The number of nitrogens with zero attached hydrogens (tertiary/aromatic N) is 3. The van der Waals surface area contributed by atoms with Gasteiger partial charge in [0.1, 0.15) is 11.5 Å². The Morgan fingerprint density at radius 3 is 2.44 bits per heavy atom. The molecule has 1 amide bonds. The summed E-state index contributed by atoms with van der Waals surface area (Å²) in [6, 6.07) is 14.9. The molecule has 4 aromatic rings. The van der Waals surface area contributed by atoms with Crippen LogP contribution in [0.25, 0.3) is 10.9 Å². The van der Waals surface area contributed by atoms with Gasteiger partial charge in [-0.15, -0.1) is 0 Å². The summed E-state index contributed by atoms with van der Waals surface area (Å²) in [5.41, 5.74) is 2.24. The number of aryl methyl sites for hydroxylation is 1. The summed E-state index contributed by atoms with van der Waals surface area (Å²) in [5, 5.41) is 5.71. The summed E-state index contributed by atoms with van der Waals surface area (Å²) >= 11 is 0. The summed E-state index contributed by atoms with van der Waals surface area (Å²) in [7, 11) is 1.63. The second-order valence-corrected chi connectivity index (χ2v) is 10.9. The molecule has 3 aromatic carbocycles. The minimum Gasteiger partial charge on any atom is -0.457 e. The monoisotopic (exact) mass is 593 g/mol. The van der Waals surface area contributed by atoms with Gasteiger partial charge in [-0.05, 0) is 92.3 Å². The number of hydrogen-bond acceptors (Lipinski definition) is 5. The van der Waals surface area contributed by atoms with Gasteiger partial charge >= 0.3 is 6.18 Å². The number of carbonyl (C=O) groups excluding carboxylic acids is 2. The smallest absolute Gasteiger partial charge is 0.416 e. The highest BCUT2D eigenvalue weighted by Crippen LogP contribution is 2.33. The van der Waals surface area contributed by atoms with Gasteiger partial charge in [0.2, 0.25) is 0 Å². The third-order valence-corrected chi connectivity index (χ3v) is 7.90. The zero-order valence-corrected chi connectivity index (χ0v) is 24.2. The van der Waals surface area contributed by atoms with Crippen LogP contribution in [0.15, 0.2) is 66.9 Å². The number of piperidine rings is 1. The van der Waals surface area contributed by atoms with Crippen molar-refractivity contribution >= 4 is 22.6 Å². The Morgan fingerprint density at radius 2 is 1.74 bits per heavy atom. The highest BCUT2D eigenvalue weighted by Gasteiger charge is 2.30. The van der Waals surface area contributed by atoms with Gasteiger partial charge in [0.05, 0.1) is 11.1 Å². The van der Waals surface area contributed by atoms with Gasteiger partial charge in [0, 0.05) is 62.5 Å². The quantitative estimate of drug-likeness (QED) is 0.142. The molecule has 7 nitrogen and oxygen atoms in total. The number of hydrogen-bond donors (Lipinski definition) is 0. The van der Waals surface area contributed by atoms with E-state index >= 15 is 0 Å². The van der Waals surface area contributed by atoms with Crippen LogP contribution in [0.1, 0.15) is 57.5 Å². The number of carbonyl (C=O) groups is 2. The molecule has 0 unspecified atom stereocenters. The molecule has 1 saturated heterocycles. The van der Waals surface area contributed by atoms with Crippen LogP contribution in [-0.4, -0.2) is 53.2 Å². The number of benzene rings is 3. The molecule has 1 aliphatic rings. The first-order valence-corrected chi connectivity index (χ1v) is 14.4. The van der Waals surface area contributed by atoms with Gasteiger partial charge in [-0.1, -0.05) is 6.07 Å². The number of ether oxygens (including phenoxy) is 2. The van der Waals surface area contributed by atoms with E-state index in [9.17, 15) is 22.8 Å². The fraction of sp³-hybridized carbons (Fsp3) is 0.364. The Kier molecular flexibility index (Phi) is 9.15. The predicted molar refractivity (Wildman–Crippen MR) is 156 cm³/mol. The van der Waals surface area contributed by atoms with E-state index in [-0.39, 0.29) is 17.4 Å². The summed E-state index contributed by atoms with van der Waals surface area (Å²) in [4.78, 5) is 27.6. The van der Waals surface area contributed by atoms with Gasteiger partial charge in [0.15, 0.2) is 5.78 Å². The Labute approximate surface area is 248 Å². The van der Waals surface area contributed by atoms with Gasteiger partial charge in [-0.3, -0.25) is 14.3 Å². The highest BCUT2D eigenvalue weighted by molar-refractivity contribution is 6.01. The largest absolute Gasteiger partial charge is 0.457 e. The highest BCUT2D eigenvalue weighted by atomic mass is 19.4. The van der Waals surface area contributed by atoms with E-state index in [4.69, 9.17) is 14.6 Å². The Bertz CT molecular complexity index is 1590. The van der Waals surface area contributed by atoms with Crippen molar-refractivity contribution in [1.29, 1.82) is 0 Å². The summed E-state index contributed by atoms with van der Waals surface area (Å²) < 4.78 is 51.5. The van der Waals surface area contributed by atoms with E-state index in [1.165, 1.54) is 12.1 Å². The maximum atomic E-state index is 13.1. The first-order chi connectivity index (χ1) is 20.6. The lowest BCUT2D eigenvalue weighted by Gasteiger charge is -2.32. The zero-order valence-electron chi connectivity index (χ0n) is 24.2. The summed E-state index contributed by atoms with van der Waals surface area (Å²) in [6.45, 7) is 4.49. The number of aromatic nitrogens is 2. The lowest BCUT2D eigenvalue weighted by atomic mass is 9.96. The van der Waals surface area contributed by atoms with Crippen LogP contribution in [0.4, 0.5) is 13.2 Å². The molecule has 226 valence electrons. The second kappa shape index (κ2) is 13.0. The average molecular weight is 594 g/mol. The number of likely N-dealkylation sites (tertiary alicyclic amines) is 1. The van der Waals surface area contributed by atoms with Gasteiger partial charge in [0.25, 0.3) is 5.91 Å². The van der Waals surface area contributed by atoms with Crippen LogP contribution in [0.2, 0.25) is 0 Å². The fourth-order valence-corrected chi connectivity index (χ4v) is 5.49. The number of halogens is 3. The third kappa shape index (κ3) is 7.25. The molecule has 43 heavy (non-hydrogen) atoms. The van der Waals surface area contributed by atoms with Crippen LogP contribution in [0, 0.1) is 12.8 Å². The van der Waals surface area contributed by atoms with Crippen molar-refractivity contribution < 1.29 is 32.2 Å². The Morgan fingerprint density at radius 1 is 1.00 bits per heavy atom. The number of methoxy groups -OCH3 is 1. The second-order valence-electron chi connectivity index (χ2n) is 10.9. The van der Waals surface area contributed by atoms with Crippen molar-refractivity contribution in [3.63, 3.8) is 0 Å². The maximum Gasteiger partial charge on any atom is 0.416 e. The van der Waals surface area contributed by atoms with Crippen molar-refractivity contribution in [3.05, 3.63) is 89.1 Å². The SMILES string of the molecule is COCCCC(=O)c1ccc2nn(CC3CCN(C(=O)c4ccc(Oc5cccc(C(F)(F)F)c5)cc4)CC3)cc2c1C. The zero-order chi connectivity index (χ0) is 30.6. The van der Waals surface area contributed by atoms with E-state index in [1.807, 2.05) is 34.8 Å². The van der Waals surface area contributed by atoms with Crippen molar-refractivity contribution in [1.82, 2.24) is 14.7 Å². The van der Waals surface area contributed by atoms with Crippen LogP contribution in [0.3, 0.4) is 0 Å². The number of rotatable bonds is 10. The first kappa shape index (κ1) is 30.3. The standard InChI is InChI=1S/C33H34F3N3O4/c1-22-28(31(40)7-4-18-42-2)12-13-30-29(22)21-39(37-30)20-23-14-16-38(17-15-23)32(41)24-8-10-26(11-9-24)43-27-6-3-5-25(19-27)33(34,35)36/h3,5-6,8-13,19,21,23H,4,7,14-18,20H2,1-2H3. The molecule has 0 saturated carbocycles. The van der Waals surface area contributed by atoms with E-state index in [0.717, 1.165) is 53.5 Å². The van der Waals surface area contributed by atoms with Crippen molar-refractivity contribution in [3.8, 4) is 11.5 Å². The van der Waals surface area contributed by atoms with E-state index < -0.39 is 11.7 Å². The molecule has 0 spiro atoms. The average Bonchev–Trinajstić information content (AvgIpc) is 3.41. The molecular formula is C33H34F3N3O4. The van der Waals surface area contributed by atoms with E-state index in [1.54, 1.807) is 31.4 Å². The molecule has 1 aromatic heterocycles. The number of Topliss-reactive ketones (excluding diaryl/α,β-unsaturated/α-hetero) is 1. The summed E-state index contributed by atoms with van der Waals surface area (Å²) in [5.74, 6) is 0.797. The minimum absolute atomic E-state index is 0.0723. The molecule has 10 heteroatoms. The molecule has 5 rings (SSSR count). The molecule has 1 aliphatic heterocycles. The molecule has 0 bridgehead atoms. The first-order valence-electron chi connectivity index (χ1n) is 14.4. The fourth-order valence-electron chi connectivity index (χ4n) is 5.49. The van der Waals surface area contributed by atoms with Crippen LogP contribution in [0.5, 0.6) is 11.5 Å². The number of amides is 1. The van der Waals surface area contributed by atoms with Crippen molar-refractivity contribution in [2.75, 3.05) is 26.8 Å². The molecule has 2 heterocycles. The maximum absolute atomic E-state index is 13.1. The van der Waals surface area contributed by atoms with Crippen LogP contribution in [-0.2, 0) is 17.5 Å². The number of ketones is 1. The Hall–Kier alpha value is -4.18. The van der Waals surface area contributed by atoms with Gasteiger partial charge in [-0.2, -0.15) is 18.3 Å². The van der Waals surface area contributed by atoms with E-state index in [0.29, 0.717) is 49.8 Å².